The summed E-state index contributed by atoms with van der Waals surface area (Å²) in [4.78, 5) is 4.18. The molecule has 0 saturated carbocycles. The number of rotatable bonds is 3. The van der Waals surface area contributed by atoms with Crippen molar-refractivity contribution in [3.8, 4) is 6.07 Å². The van der Waals surface area contributed by atoms with Crippen LogP contribution in [0.4, 0.5) is 0 Å². The van der Waals surface area contributed by atoms with Crippen molar-refractivity contribution < 1.29 is 5.11 Å². The van der Waals surface area contributed by atoms with Gasteiger partial charge in [-0.3, -0.25) is 4.98 Å². The Morgan fingerprint density at radius 2 is 2.29 bits per heavy atom. The average molecular weight is 190 g/mol. The third-order valence-corrected chi connectivity index (χ3v) is 1.96. The molecule has 0 fully saturated rings. The zero-order chi connectivity index (χ0) is 10.6. The van der Waals surface area contributed by atoms with Crippen molar-refractivity contribution in [1.82, 2.24) is 4.98 Å². The fourth-order valence-electron chi connectivity index (χ4n) is 1.31. The Hall–Kier alpha value is -1.40. The minimum atomic E-state index is -0.0510. The molecular weight excluding hydrogens is 176 g/mol. The molecule has 3 heteroatoms. The molecule has 0 saturated heterocycles. The molecule has 0 aromatic carbocycles. The van der Waals surface area contributed by atoms with Gasteiger partial charge in [0.25, 0.3) is 0 Å². The van der Waals surface area contributed by atoms with E-state index in [0.717, 1.165) is 17.7 Å². The lowest BCUT2D eigenvalue weighted by atomic mass is 10.0. The molecule has 0 unspecified atom stereocenters. The fourth-order valence-corrected chi connectivity index (χ4v) is 1.31. The van der Waals surface area contributed by atoms with E-state index in [-0.39, 0.29) is 6.61 Å². The van der Waals surface area contributed by atoms with E-state index >= 15 is 0 Å². The molecule has 0 atom stereocenters. The summed E-state index contributed by atoms with van der Waals surface area (Å²) in [6, 6.07) is 3.71. The molecule has 0 bridgehead atoms. The highest BCUT2D eigenvalue weighted by atomic mass is 16.3. The van der Waals surface area contributed by atoms with Crippen molar-refractivity contribution in [2.75, 3.05) is 0 Å². The lowest BCUT2D eigenvalue weighted by Crippen LogP contribution is -2.03. The molecule has 0 aliphatic heterocycles. The minimum absolute atomic E-state index is 0.0510. The highest BCUT2D eigenvalue weighted by Crippen LogP contribution is 2.12. The number of nitriles is 1. The Balaban J connectivity index is 3.00. The second-order valence-corrected chi connectivity index (χ2v) is 3.70. The van der Waals surface area contributed by atoms with Crippen LogP contribution >= 0.6 is 0 Å². The first kappa shape index (κ1) is 10.7. The van der Waals surface area contributed by atoms with E-state index in [1.807, 2.05) is 6.07 Å². The molecule has 0 aliphatic carbocycles. The number of aliphatic hydroxyl groups is 1. The van der Waals surface area contributed by atoms with E-state index in [0.29, 0.717) is 11.5 Å². The molecule has 0 spiro atoms. The Morgan fingerprint density at radius 3 is 2.79 bits per heavy atom. The van der Waals surface area contributed by atoms with E-state index in [9.17, 15) is 0 Å². The van der Waals surface area contributed by atoms with Gasteiger partial charge in [0.2, 0.25) is 0 Å². The summed E-state index contributed by atoms with van der Waals surface area (Å²) >= 11 is 0. The zero-order valence-electron chi connectivity index (χ0n) is 8.49. The smallest absolute Gasteiger partial charge is 0.101 e. The fraction of sp³-hybridized carbons (Fsp3) is 0.455. The van der Waals surface area contributed by atoms with E-state index < -0.39 is 0 Å². The summed E-state index contributed by atoms with van der Waals surface area (Å²) in [5.74, 6) is 0.501. The standard InChI is InChI=1S/C11H14N2O/c1-8(2)3-11-10(7-14)4-9(5-12)6-13-11/h4,6,8,14H,3,7H2,1-2H3. The molecule has 1 rings (SSSR count). The number of hydrogen-bond donors (Lipinski definition) is 1. The first-order valence-corrected chi connectivity index (χ1v) is 4.66. The average Bonchev–Trinajstić information content (AvgIpc) is 2.17. The predicted octanol–water partition coefficient (Wildman–Crippen LogP) is 1.64. The summed E-state index contributed by atoms with van der Waals surface area (Å²) in [6.45, 7) is 4.15. The van der Waals surface area contributed by atoms with Gasteiger partial charge in [0, 0.05) is 17.5 Å². The van der Waals surface area contributed by atoms with Crippen LogP contribution in [0.1, 0.15) is 30.7 Å². The van der Waals surface area contributed by atoms with Gasteiger partial charge in [-0.05, 0) is 18.4 Å². The molecule has 14 heavy (non-hydrogen) atoms. The number of aliphatic hydroxyl groups excluding tert-OH is 1. The molecule has 74 valence electrons. The van der Waals surface area contributed by atoms with Gasteiger partial charge in [-0.2, -0.15) is 5.26 Å². The Kier molecular flexibility index (Phi) is 3.61. The van der Waals surface area contributed by atoms with Crippen molar-refractivity contribution in [3.05, 3.63) is 29.1 Å². The summed E-state index contributed by atoms with van der Waals surface area (Å²) < 4.78 is 0. The molecule has 1 aromatic rings. The predicted molar refractivity (Wildman–Crippen MR) is 53.4 cm³/mol. The van der Waals surface area contributed by atoms with Crippen LogP contribution in [0.15, 0.2) is 12.3 Å². The van der Waals surface area contributed by atoms with E-state index in [1.165, 1.54) is 0 Å². The van der Waals surface area contributed by atoms with Gasteiger partial charge >= 0.3 is 0 Å². The normalized spacial score (nSPS) is 10.2. The quantitative estimate of drug-likeness (QED) is 0.788. The zero-order valence-corrected chi connectivity index (χ0v) is 8.49. The number of pyridine rings is 1. The van der Waals surface area contributed by atoms with Crippen LogP contribution < -0.4 is 0 Å². The van der Waals surface area contributed by atoms with E-state index in [1.54, 1.807) is 12.3 Å². The van der Waals surface area contributed by atoms with Crippen molar-refractivity contribution in [1.29, 1.82) is 5.26 Å². The van der Waals surface area contributed by atoms with Crippen LogP contribution in [0.2, 0.25) is 0 Å². The monoisotopic (exact) mass is 190 g/mol. The van der Waals surface area contributed by atoms with Gasteiger partial charge in [-0.1, -0.05) is 13.8 Å². The van der Waals surface area contributed by atoms with Gasteiger partial charge in [0.05, 0.1) is 12.2 Å². The highest BCUT2D eigenvalue weighted by molar-refractivity contribution is 5.32. The Bertz CT molecular complexity index is 353. The SMILES string of the molecule is CC(C)Cc1ncc(C#N)cc1CO. The Morgan fingerprint density at radius 1 is 1.57 bits per heavy atom. The molecular formula is C11H14N2O. The second-order valence-electron chi connectivity index (χ2n) is 3.70. The summed E-state index contributed by atoms with van der Waals surface area (Å²) in [6.07, 6.45) is 2.39. The van der Waals surface area contributed by atoms with Crippen LogP contribution in [0.3, 0.4) is 0 Å². The topological polar surface area (TPSA) is 56.9 Å². The van der Waals surface area contributed by atoms with Gasteiger partial charge in [0.15, 0.2) is 0 Å². The van der Waals surface area contributed by atoms with Crippen LogP contribution in [-0.2, 0) is 13.0 Å². The van der Waals surface area contributed by atoms with Crippen molar-refractivity contribution in [2.24, 2.45) is 5.92 Å². The summed E-state index contributed by atoms with van der Waals surface area (Å²) in [5, 5.41) is 17.8. The highest BCUT2D eigenvalue weighted by Gasteiger charge is 2.06. The third kappa shape index (κ3) is 2.54. The second kappa shape index (κ2) is 4.73. The maximum absolute atomic E-state index is 9.10. The number of aromatic nitrogens is 1. The molecule has 0 amide bonds. The van der Waals surface area contributed by atoms with Crippen LogP contribution in [0.25, 0.3) is 0 Å². The molecule has 0 radical (unpaired) electrons. The molecule has 0 aliphatic rings. The third-order valence-electron chi connectivity index (χ3n) is 1.96. The van der Waals surface area contributed by atoms with Crippen LogP contribution in [0.5, 0.6) is 0 Å². The first-order valence-electron chi connectivity index (χ1n) is 4.66. The van der Waals surface area contributed by atoms with Crippen molar-refractivity contribution in [3.63, 3.8) is 0 Å². The van der Waals surface area contributed by atoms with E-state index in [2.05, 4.69) is 18.8 Å². The summed E-state index contributed by atoms with van der Waals surface area (Å²) in [7, 11) is 0. The van der Waals surface area contributed by atoms with Crippen LogP contribution in [-0.4, -0.2) is 10.1 Å². The number of hydrogen-bond acceptors (Lipinski definition) is 3. The van der Waals surface area contributed by atoms with Gasteiger partial charge in [-0.25, -0.2) is 0 Å². The Labute approximate surface area is 84.0 Å². The summed E-state index contributed by atoms with van der Waals surface area (Å²) in [5.41, 5.74) is 2.15. The maximum Gasteiger partial charge on any atom is 0.101 e. The van der Waals surface area contributed by atoms with Crippen molar-refractivity contribution in [2.45, 2.75) is 26.9 Å². The van der Waals surface area contributed by atoms with Gasteiger partial charge in [-0.15, -0.1) is 0 Å². The van der Waals surface area contributed by atoms with Gasteiger partial charge in [0.1, 0.15) is 6.07 Å². The van der Waals surface area contributed by atoms with Gasteiger partial charge < -0.3 is 5.11 Å². The van der Waals surface area contributed by atoms with Crippen LogP contribution in [0, 0.1) is 17.2 Å². The molecule has 1 N–H and O–H groups in total. The molecule has 1 aromatic heterocycles. The lowest BCUT2D eigenvalue weighted by Gasteiger charge is -2.08. The molecule has 3 nitrogen and oxygen atoms in total. The first-order chi connectivity index (χ1) is 6.67. The maximum atomic E-state index is 9.10. The number of nitrogens with zero attached hydrogens (tertiary/aromatic N) is 2. The van der Waals surface area contributed by atoms with E-state index in [4.69, 9.17) is 10.4 Å². The molecule has 1 heterocycles. The largest absolute Gasteiger partial charge is 0.392 e. The lowest BCUT2D eigenvalue weighted by molar-refractivity contribution is 0.279. The van der Waals surface area contributed by atoms with Crippen molar-refractivity contribution >= 4 is 0 Å². The minimum Gasteiger partial charge on any atom is -0.392 e.